The van der Waals surface area contributed by atoms with Crippen LogP contribution in [0.5, 0.6) is 0 Å². The fourth-order valence-corrected chi connectivity index (χ4v) is 4.03. The van der Waals surface area contributed by atoms with Gasteiger partial charge >= 0.3 is 6.09 Å². The topological polar surface area (TPSA) is 84.7 Å². The zero-order chi connectivity index (χ0) is 17.4. The number of amides is 2. The first-order valence-electron chi connectivity index (χ1n) is 7.99. The monoisotopic (exact) mass is 359 g/mol. The molecular weight excluding hydrogens is 342 g/mol. The van der Waals surface area contributed by atoms with Crippen molar-refractivity contribution in [1.29, 1.82) is 0 Å². The van der Waals surface area contributed by atoms with Crippen molar-refractivity contribution in [1.82, 2.24) is 10.5 Å². The van der Waals surface area contributed by atoms with Crippen molar-refractivity contribution in [3.05, 3.63) is 35.5 Å². The van der Waals surface area contributed by atoms with E-state index in [1.807, 2.05) is 18.2 Å². The van der Waals surface area contributed by atoms with E-state index < -0.39 is 6.09 Å². The Bertz CT molecular complexity index is 835. The maximum absolute atomic E-state index is 12.2. The van der Waals surface area contributed by atoms with E-state index in [1.54, 1.807) is 22.9 Å². The molecule has 0 radical (unpaired) electrons. The molecule has 8 heteroatoms. The fourth-order valence-electron chi connectivity index (χ4n) is 3.04. The Hall–Kier alpha value is -2.48. The summed E-state index contributed by atoms with van der Waals surface area (Å²) in [4.78, 5) is 24.8. The van der Waals surface area contributed by atoms with E-state index in [-0.39, 0.29) is 12.0 Å². The first-order valence-corrected chi connectivity index (χ1v) is 9.14. The lowest BCUT2D eigenvalue weighted by atomic mass is 10.0. The predicted molar refractivity (Wildman–Crippen MR) is 93.2 cm³/mol. The highest BCUT2D eigenvalue weighted by Crippen LogP contribution is 2.38. The lowest BCUT2D eigenvalue weighted by molar-refractivity contribution is -0.119. The summed E-state index contributed by atoms with van der Waals surface area (Å²) in [6, 6.07) is 5.86. The second kappa shape index (κ2) is 6.44. The number of nitrogens with one attached hydrogen (secondary N) is 1. The van der Waals surface area contributed by atoms with Gasteiger partial charge in [0, 0.05) is 35.2 Å². The Morgan fingerprint density at radius 1 is 1.40 bits per heavy atom. The van der Waals surface area contributed by atoms with Gasteiger partial charge in [-0.2, -0.15) is 11.8 Å². The van der Waals surface area contributed by atoms with Crippen molar-refractivity contribution in [3.8, 4) is 11.3 Å². The Labute approximate surface area is 148 Å². The molecule has 0 aliphatic carbocycles. The van der Waals surface area contributed by atoms with Crippen molar-refractivity contribution < 1.29 is 18.8 Å². The van der Waals surface area contributed by atoms with Crippen LogP contribution in [0, 0.1) is 0 Å². The zero-order valence-corrected chi connectivity index (χ0v) is 14.5. The third-order valence-corrected chi connectivity index (χ3v) is 5.29. The van der Waals surface area contributed by atoms with Crippen molar-refractivity contribution in [3.63, 3.8) is 0 Å². The second-order valence-electron chi connectivity index (χ2n) is 6.07. The second-order valence-corrected chi connectivity index (χ2v) is 7.05. The molecule has 1 aromatic heterocycles. The minimum atomic E-state index is -0.392. The van der Waals surface area contributed by atoms with Gasteiger partial charge in [-0.05, 0) is 23.8 Å². The molecule has 1 unspecified atom stereocenters. The molecule has 2 aliphatic heterocycles. The minimum absolute atomic E-state index is 0.139. The van der Waals surface area contributed by atoms with Crippen LogP contribution in [0.4, 0.5) is 10.5 Å². The third kappa shape index (κ3) is 3.09. The van der Waals surface area contributed by atoms with Gasteiger partial charge in [0.25, 0.3) is 0 Å². The number of thioether (sulfide) groups is 1. The van der Waals surface area contributed by atoms with E-state index in [0.29, 0.717) is 13.1 Å². The molecule has 2 amide bonds. The molecular formula is C17H17N3O4S. The number of benzene rings is 1. The van der Waals surface area contributed by atoms with E-state index in [1.165, 1.54) is 6.92 Å². The maximum Gasteiger partial charge on any atom is 0.414 e. The van der Waals surface area contributed by atoms with Crippen LogP contribution < -0.4 is 10.2 Å². The summed E-state index contributed by atoms with van der Waals surface area (Å²) in [5, 5.41) is 6.57. The molecule has 130 valence electrons. The van der Waals surface area contributed by atoms with Crippen LogP contribution in [-0.4, -0.2) is 36.4 Å². The van der Waals surface area contributed by atoms with Crippen LogP contribution in [0.3, 0.4) is 0 Å². The molecule has 3 heterocycles. The van der Waals surface area contributed by atoms with Gasteiger partial charge in [-0.3, -0.25) is 9.69 Å². The van der Waals surface area contributed by atoms with Gasteiger partial charge in [-0.15, -0.1) is 0 Å². The average molecular weight is 359 g/mol. The first kappa shape index (κ1) is 16.0. The van der Waals surface area contributed by atoms with Crippen LogP contribution in [0.25, 0.3) is 11.3 Å². The number of carbonyl (C=O) groups is 2. The van der Waals surface area contributed by atoms with E-state index in [2.05, 4.69) is 10.5 Å². The summed E-state index contributed by atoms with van der Waals surface area (Å²) in [5.41, 5.74) is 4.00. The molecule has 0 spiro atoms. The van der Waals surface area contributed by atoms with Crippen molar-refractivity contribution in [2.24, 2.45) is 0 Å². The molecule has 7 nitrogen and oxygen atoms in total. The molecule has 4 rings (SSSR count). The zero-order valence-electron chi connectivity index (χ0n) is 13.7. The van der Waals surface area contributed by atoms with Gasteiger partial charge in [0.1, 0.15) is 6.10 Å². The molecule has 1 aromatic carbocycles. The molecule has 25 heavy (non-hydrogen) atoms. The first-order chi connectivity index (χ1) is 12.1. The van der Waals surface area contributed by atoms with Gasteiger partial charge in [0.2, 0.25) is 5.91 Å². The summed E-state index contributed by atoms with van der Waals surface area (Å²) in [6.07, 6.45) is 1.03. The third-order valence-electron chi connectivity index (χ3n) is 4.26. The smallest absolute Gasteiger partial charge is 0.414 e. The van der Waals surface area contributed by atoms with Crippen LogP contribution in [0.1, 0.15) is 18.1 Å². The van der Waals surface area contributed by atoms with E-state index in [4.69, 9.17) is 9.26 Å². The van der Waals surface area contributed by atoms with Crippen LogP contribution in [0.2, 0.25) is 0 Å². The van der Waals surface area contributed by atoms with Crippen molar-refractivity contribution in [2.75, 3.05) is 18.0 Å². The highest BCUT2D eigenvalue weighted by molar-refractivity contribution is 7.97. The Balaban J connectivity index is 1.58. The molecule has 1 fully saturated rings. The normalized spacial score (nSPS) is 19.0. The number of cyclic esters (lactones) is 1. The van der Waals surface area contributed by atoms with Gasteiger partial charge in [0.15, 0.2) is 5.76 Å². The van der Waals surface area contributed by atoms with E-state index >= 15 is 0 Å². The molecule has 1 saturated heterocycles. The van der Waals surface area contributed by atoms with Crippen molar-refractivity contribution >= 4 is 29.4 Å². The summed E-state index contributed by atoms with van der Waals surface area (Å²) in [5.74, 6) is 2.36. The summed E-state index contributed by atoms with van der Waals surface area (Å²) < 4.78 is 10.7. The molecule has 0 saturated carbocycles. The van der Waals surface area contributed by atoms with Gasteiger partial charge in [-0.25, -0.2) is 4.79 Å². The van der Waals surface area contributed by atoms with Gasteiger partial charge in [0.05, 0.1) is 19.3 Å². The Morgan fingerprint density at radius 2 is 2.24 bits per heavy atom. The number of nitrogens with zero attached hydrogens (tertiary/aromatic N) is 2. The molecule has 2 aliphatic rings. The molecule has 0 bridgehead atoms. The minimum Gasteiger partial charge on any atom is -0.442 e. The number of anilines is 1. The Morgan fingerprint density at radius 3 is 3.08 bits per heavy atom. The number of rotatable bonds is 3. The van der Waals surface area contributed by atoms with Crippen LogP contribution in [0.15, 0.2) is 28.9 Å². The summed E-state index contributed by atoms with van der Waals surface area (Å²) in [6.45, 7) is 2.18. The number of aromatic nitrogens is 1. The standard InChI is InChI=1S/C17H17N3O4S/c1-10(21)18-6-14-7-20(17(22)23-14)13-2-3-15-11(4-13)8-25-9-12-5-19-24-16(12)15/h2-5,14H,6-9H2,1H3,(H,18,21). The lowest BCUT2D eigenvalue weighted by Gasteiger charge is -2.15. The van der Waals surface area contributed by atoms with Crippen molar-refractivity contribution in [2.45, 2.75) is 24.5 Å². The van der Waals surface area contributed by atoms with Crippen LogP contribution >= 0.6 is 11.8 Å². The maximum atomic E-state index is 12.2. The highest BCUT2D eigenvalue weighted by Gasteiger charge is 2.33. The number of fused-ring (bicyclic) bond motifs is 3. The highest BCUT2D eigenvalue weighted by atomic mass is 32.2. The number of hydrogen-bond donors (Lipinski definition) is 1. The number of carbonyl (C=O) groups excluding carboxylic acids is 2. The SMILES string of the molecule is CC(=O)NCC1CN(c2ccc3c(c2)CSCc2cnoc2-3)C(=O)O1. The predicted octanol–water partition coefficient (Wildman–Crippen LogP) is 2.55. The largest absolute Gasteiger partial charge is 0.442 e. The fraction of sp³-hybridized carbons (Fsp3) is 0.353. The molecule has 2 aromatic rings. The molecule has 1 N–H and O–H groups in total. The lowest BCUT2D eigenvalue weighted by Crippen LogP contribution is -2.33. The van der Waals surface area contributed by atoms with E-state index in [9.17, 15) is 9.59 Å². The summed E-state index contributed by atoms with van der Waals surface area (Å²) in [7, 11) is 0. The van der Waals surface area contributed by atoms with Crippen LogP contribution in [-0.2, 0) is 21.0 Å². The number of hydrogen-bond acceptors (Lipinski definition) is 6. The quantitative estimate of drug-likeness (QED) is 0.907. The summed E-state index contributed by atoms with van der Waals surface area (Å²) >= 11 is 1.79. The Kier molecular flexibility index (Phi) is 4.12. The van der Waals surface area contributed by atoms with Gasteiger partial charge < -0.3 is 14.6 Å². The average Bonchev–Trinajstić information content (AvgIpc) is 3.15. The van der Waals surface area contributed by atoms with E-state index in [0.717, 1.165) is 39.6 Å². The molecule has 1 atom stereocenters. The van der Waals surface area contributed by atoms with Gasteiger partial charge in [-0.1, -0.05) is 5.16 Å². The number of ether oxygens (including phenoxy) is 1.